The van der Waals surface area contributed by atoms with Crippen LogP contribution < -0.4 is 20.1 Å². The second-order valence-corrected chi connectivity index (χ2v) is 7.27. The quantitative estimate of drug-likeness (QED) is 0.631. The molecule has 1 aliphatic rings. The Balaban J connectivity index is 1.44. The summed E-state index contributed by atoms with van der Waals surface area (Å²) in [5.74, 6) is 0.830. The molecule has 2 N–H and O–H groups in total. The molecule has 0 radical (unpaired) electrons. The average Bonchev–Trinajstić information content (AvgIpc) is 3.02. The predicted octanol–water partition coefficient (Wildman–Crippen LogP) is 3.85. The van der Waals surface area contributed by atoms with E-state index in [9.17, 15) is 4.79 Å². The highest BCUT2D eigenvalue weighted by Gasteiger charge is 2.16. The molecule has 0 saturated carbocycles. The van der Waals surface area contributed by atoms with Crippen molar-refractivity contribution in [2.75, 3.05) is 18.5 Å². The van der Waals surface area contributed by atoms with Crippen molar-refractivity contribution in [3.05, 3.63) is 47.0 Å². The highest BCUT2D eigenvalue weighted by molar-refractivity contribution is 7.80. The zero-order valence-electron chi connectivity index (χ0n) is 13.2. The number of ether oxygens (including phenoxy) is 2. The van der Waals surface area contributed by atoms with E-state index in [1.807, 2.05) is 12.1 Å². The molecule has 0 atom stereocenters. The third-order valence-electron chi connectivity index (χ3n) is 3.60. The van der Waals surface area contributed by atoms with Crippen molar-refractivity contribution in [3.63, 3.8) is 0 Å². The van der Waals surface area contributed by atoms with Crippen LogP contribution in [0.5, 0.6) is 11.5 Å². The number of carbonyl (C=O) groups excluding carboxylic acids is 1. The summed E-state index contributed by atoms with van der Waals surface area (Å²) in [5.41, 5.74) is 1.23. The number of fused-ring (bicyclic) bond motifs is 2. The zero-order valence-corrected chi connectivity index (χ0v) is 15.6. The molecule has 0 aliphatic carbocycles. The van der Waals surface area contributed by atoms with Crippen LogP contribution in [0.15, 0.2) is 36.4 Å². The van der Waals surface area contributed by atoms with Crippen molar-refractivity contribution in [1.29, 1.82) is 0 Å². The van der Waals surface area contributed by atoms with Gasteiger partial charge in [0.2, 0.25) is 0 Å². The molecule has 0 fully saturated rings. The van der Waals surface area contributed by atoms with Gasteiger partial charge in [0.25, 0.3) is 5.91 Å². The van der Waals surface area contributed by atoms with Crippen LogP contribution in [-0.2, 0) is 0 Å². The lowest BCUT2D eigenvalue weighted by molar-refractivity contribution is 0.0976. The second kappa shape index (κ2) is 7.06. The molecule has 9 heteroatoms. The van der Waals surface area contributed by atoms with Gasteiger partial charge in [0.05, 0.1) is 10.2 Å². The molecule has 0 unspecified atom stereocenters. The molecule has 1 aliphatic heterocycles. The summed E-state index contributed by atoms with van der Waals surface area (Å²) in [6, 6.07) is 10.4. The standard InChI is InChI=1S/C17H12ClN3O3S2/c18-10-2-3-11-14(8-10)26-17(19-11)21-16(25)20-15(22)9-1-4-12-13(7-9)24-6-5-23-12/h1-4,7-8H,5-6H2,(H2,19,20,21,22,25). The van der Waals surface area contributed by atoms with Crippen LogP contribution in [0.2, 0.25) is 5.02 Å². The first-order chi connectivity index (χ1) is 12.6. The van der Waals surface area contributed by atoms with Crippen LogP contribution in [0.25, 0.3) is 10.2 Å². The highest BCUT2D eigenvalue weighted by atomic mass is 35.5. The molecule has 4 rings (SSSR count). The van der Waals surface area contributed by atoms with E-state index in [-0.39, 0.29) is 11.0 Å². The molecule has 0 bridgehead atoms. The van der Waals surface area contributed by atoms with E-state index < -0.39 is 0 Å². The lowest BCUT2D eigenvalue weighted by Crippen LogP contribution is -2.34. The van der Waals surface area contributed by atoms with Crippen LogP contribution >= 0.6 is 35.2 Å². The van der Waals surface area contributed by atoms with E-state index in [1.165, 1.54) is 11.3 Å². The van der Waals surface area contributed by atoms with Crippen LogP contribution in [0.4, 0.5) is 5.13 Å². The van der Waals surface area contributed by atoms with Crippen LogP contribution in [-0.4, -0.2) is 29.2 Å². The van der Waals surface area contributed by atoms with Gasteiger partial charge in [-0.1, -0.05) is 22.9 Å². The number of amides is 1. The fraction of sp³-hybridized carbons (Fsp3) is 0.118. The van der Waals surface area contributed by atoms with E-state index in [4.69, 9.17) is 33.3 Å². The van der Waals surface area contributed by atoms with Crippen molar-refractivity contribution in [2.24, 2.45) is 0 Å². The van der Waals surface area contributed by atoms with E-state index >= 15 is 0 Å². The minimum absolute atomic E-state index is 0.162. The number of thiocarbonyl (C=S) groups is 1. The maximum Gasteiger partial charge on any atom is 0.257 e. The number of carbonyl (C=O) groups is 1. The highest BCUT2D eigenvalue weighted by Crippen LogP contribution is 2.31. The Bertz CT molecular complexity index is 1020. The molecule has 2 aromatic carbocycles. The fourth-order valence-corrected chi connectivity index (χ4v) is 3.84. The van der Waals surface area contributed by atoms with E-state index in [2.05, 4.69) is 15.6 Å². The third-order valence-corrected chi connectivity index (χ3v) is 4.98. The Labute approximate surface area is 163 Å². The largest absolute Gasteiger partial charge is 0.486 e. The molecular formula is C17H12ClN3O3S2. The molecule has 0 saturated heterocycles. The molecule has 2 heterocycles. The Morgan fingerprint density at radius 1 is 1.15 bits per heavy atom. The molecular weight excluding hydrogens is 394 g/mol. The molecule has 132 valence electrons. The third kappa shape index (κ3) is 3.57. The summed E-state index contributed by atoms with van der Waals surface area (Å²) in [6.45, 7) is 0.958. The minimum atomic E-state index is -0.344. The number of nitrogens with zero attached hydrogens (tertiary/aromatic N) is 1. The Morgan fingerprint density at radius 3 is 2.81 bits per heavy atom. The monoisotopic (exact) mass is 405 g/mol. The number of benzene rings is 2. The van der Waals surface area contributed by atoms with Crippen molar-refractivity contribution >= 4 is 61.5 Å². The summed E-state index contributed by atoms with van der Waals surface area (Å²) >= 11 is 12.6. The van der Waals surface area contributed by atoms with Crippen LogP contribution in [0, 0.1) is 0 Å². The number of rotatable bonds is 2. The van der Waals surface area contributed by atoms with Gasteiger partial charge in [0.15, 0.2) is 21.7 Å². The van der Waals surface area contributed by atoms with Gasteiger partial charge in [-0.15, -0.1) is 0 Å². The van der Waals surface area contributed by atoms with Gasteiger partial charge in [-0.3, -0.25) is 10.1 Å². The molecule has 1 aromatic heterocycles. The minimum Gasteiger partial charge on any atom is -0.486 e. The normalized spacial score (nSPS) is 12.7. The summed E-state index contributed by atoms with van der Waals surface area (Å²) in [4.78, 5) is 16.8. The van der Waals surface area contributed by atoms with Gasteiger partial charge in [-0.2, -0.15) is 0 Å². The molecule has 1 amide bonds. The fourth-order valence-electron chi connectivity index (χ4n) is 2.44. The number of hydrogen-bond acceptors (Lipinski definition) is 6. The van der Waals surface area contributed by atoms with Crippen molar-refractivity contribution < 1.29 is 14.3 Å². The Kier molecular flexibility index (Phi) is 4.62. The van der Waals surface area contributed by atoms with Gasteiger partial charge in [-0.05, 0) is 48.6 Å². The Hall–Kier alpha value is -2.42. The lowest BCUT2D eigenvalue weighted by Gasteiger charge is -2.18. The number of thiazole rings is 1. The van der Waals surface area contributed by atoms with Crippen LogP contribution in [0.1, 0.15) is 10.4 Å². The lowest BCUT2D eigenvalue weighted by atomic mass is 10.2. The van der Waals surface area contributed by atoms with Crippen LogP contribution in [0.3, 0.4) is 0 Å². The predicted molar refractivity (Wildman–Crippen MR) is 106 cm³/mol. The molecule has 6 nitrogen and oxygen atoms in total. The van der Waals surface area contributed by atoms with E-state index in [0.29, 0.717) is 40.4 Å². The SMILES string of the molecule is O=C(NC(=S)Nc1nc2ccc(Cl)cc2s1)c1ccc2c(c1)OCCO2. The number of aromatic nitrogens is 1. The summed E-state index contributed by atoms with van der Waals surface area (Å²) < 4.78 is 11.9. The summed E-state index contributed by atoms with van der Waals surface area (Å²) in [5, 5.41) is 6.94. The molecule has 26 heavy (non-hydrogen) atoms. The Morgan fingerprint density at radius 2 is 1.96 bits per heavy atom. The van der Waals surface area contributed by atoms with Gasteiger partial charge < -0.3 is 14.8 Å². The first-order valence-corrected chi connectivity index (χ1v) is 9.27. The molecule has 3 aromatic rings. The number of nitrogens with one attached hydrogen (secondary N) is 2. The maximum absolute atomic E-state index is 12.4. The van der Waals surface area contributed by atoms with Gasteiger partial charge >= 0.3 is 0 Å². The van der Waals surface area contributed by atoms with Crippen molar-refractivity contribution in [3.8, 4) is 11.5 Å². The number of hydrogen-bond donors (Lipinski definition) is 2. The number of halogens is 1. The van der Waals surface area contributed by atoms with Gasteiger partial charge in [-0.25, -0.2) is 4.98 Å². The first kappa shape index (κ1) is 17.0. The smallest absolute Gasteiger partial charge is 0.257 e. The van der Waals surface area contributed by atoms with Gasteiger partial charge in [0, 0.05) is 10.6 Å². The van der Waals surface area contributed by atoms with Crippen molar-refractivity contribution in [1.82, 2.24) is 10.3 Å². The summed E-state index contributed by atoms with van der Waals surface area (Å²) in [6.07, 6.45) is 0. The van der Waals surface area contributed by atoms with Gasteiger partial charge in [0.1, 0.15) is 13.2 Å². The first-order valence-electron chi connectivity index (χ1n) is 7.66. The topological polar surface area (TPSA) is 72.5 Å². The number of anilines is 1. The van der Waals surface area contributed by atoms with E-state index in [0.717, 1.165) is 10.2 Å². The summed E-state index contributed by atoms with van der Waals surface area (Å²) in [7, 11) is 0. The molecule has 0 spiro atoms. The zero-order chi connectivity index (χ0) is 18.1. The second-order valence-electron chi connectivity index (χ2n) is 5.40. The van der Waals surface area contributed by atoms with Crippen molar-refractivity contribution in [2.45, 2.75) is 0 Å². The van der Waals surface area contributed by atoms with E-state index in [1.54, 1.807) is 24.3 Å². The average molecular weight is 406 g/mol. The maximum atomic E-state index is 12.4.